The third-order valence-corrected chi connectivity index (χ3v) is 5.10. The standard InChI is InChI=1S/C21H22N6O3/c1-13(2)17(11-28)27-10-15(9-25-27)14-3-5-16(6-4-14)26-7-8-30-20-18(21(26)29)19(22)23-12-24-20/h3-6,9-13,17H,7-8H2,1-2H3,(H2,22,23,24). The van der Waals surface area contributed by atoms with Crippen molar-refractivity contribution >= 4 is 23.7 Å². The number of rotatable bonds is 5. The maximum absolute atomic E-state index is 13.0. The van der Waals surface area contributed by atoms with E-state index in [1.54, 1.807) is 15.8 Å². The van der Waals surface area contributed by atoms with Crippen LogP contribution < -0.4 is 15.4 Å². The molecule has 0 aliphatic carbocycles. The summed E-state index contributed by atoms with van der Waals surface area (Å²) in [7, 11) is 0. The van der Waals surface area contributed by atoms with Crippen LogP contribution in [-0.2, 0) is 4.79 Å². The number of nitrogens with two attached hydrogens (primary N) is 1. The van der Waals surface area contributed by atoms with Crippen LogP contribution >= 0.6 is 0 Å². The summed E-state index contributed by atoms with van der Waals surface area (Å²) >= 11 is 0. The van der Waals surface area contributed by atoms with Gasteiger partial charge in [-0.3, -0.25) is 9.48 Å². The Labute approximate surface area is 173 Å². The molecule has 154 valence electrons. The molecule has 1 aliphatic rings. The molecule has 9 heteroatoms. The fraction of sp³-hybridized carbons (Fsp3) is 0.286. The molecule has 0 radical (unpaired) electrons. The molecular weight excluding hydrogens is 384 g/mol. The first kappa shape index (κ1) is 19.6. The minimum Gasteiger partial charge on any atom is -0.475 e. The molecule has 2 aromatic heterocycles. The van der Waals surface area contributed by atoms with Crippen LogP contribution in [0.25, 0.3) is 11.1 Å². The van der Waals surface area contributed by atoms with E-state index >= 15 is 0 Å². The lowest BCUT2D eigenvalue weighted by Gasteiger charge is -2.20. The lowest BCUT2D eigenvalue weighted by atomic mass is 10.1. The van der Waals surface area contributed by atoms with Gasteiger partial charge in [0.1, 0.15) is 36.6 Å². The number of anilines is 2. The van der Waals surface area contributed by atoms with Crippen molar-refractivity contribution in [2.24, 2.45) is 5.92 Å². The minimum absolute atomic E-state index is 0.0934. The molecule has 1 aromatic carbocycles. The van der Waals surface area contributed by atoms with Crippen molar-refractivity contribution in [3.8, 4) is 17.0 Å². The average Bonchev–Trinajstić information content (AvgIpc) is 3.14. The molecule has 3 heterocycles. The van der Waals surface area contributed by atoms with Crippen LogP contribution in [0.3, 0.4) is 0 Å². The van der Waals surface area contributed by atoms with Crippen LogP contribution in [0.5, 0.6) is 5.88 Å². The van der Waals surface area contributed by atoms with E-state index in [0.29, 0.717) is 18.8 Å². The summed E-state index contributed by atoms with van der Waals surface area (Å²) in [5.74, 6) is 0.143. The van der Waals surface area contributed by atoms with Crippen molar-refractivity contribution in [1.29, 1.82) is 0 Å². The van der Waals surface area contributed by atoms with Gasteiger partial charge in [0, 0.05) is 17.4 Å². The van der Waals surface area contributed by atoms with Crippen molar-refractivity contribution in [2.45, 2.75) is 19.9 Å². The smallest absolute Gasteiger partial charge is 0.267 e. The second-order valence-electron chi connectivity index (χ2n) is 7.37. The number of fused-ring (bicyclic) bond motifs is 1. The number of nitrogen functional groups attached to an aromatic ring is 1. The van der Waals surface area contributed by atoms with E-state index in [-0.39, 0.29) is 35.1 Å². The zero-order valence-electron chi connectivity index (χ0n) is 16.7. The van der Waals surface area contributed by atoms with Crippen LogP contribution in [0.4, 0.5) is 11.5 Å². The first-order valence-electron chi connectivity index (χ1n) is 9.64. The summed E-state index contributed by atoms with van der Waals surface area (Å²) in [5.41, 5.74) is 8.60. The van der Waals surface area contributed by atoms with Gasteiger partial charge >= 0.3 is 0 Å². The van der Waals surface area contributed by atoms with Gasteiger partial charge < -0.3 is 20.2 Å². The van der Waals surface area contributed by atoms with Gasteiger partial charge in [0.05, 0.1) is 12.7 Å². The summed E-state index contributed by atoms with van der Waals surface area (Å²) in [6.07, 6.45) is 5.77. The summed E-state index contributed by atoms with van der Waals surface area (Å²) < 4.78 is 7.24. The zero-order valence-corrected chi connectivity index (χ0v) is 16.7. The number of carbonyl (C=O) groups excluding carboxylic acids is 2. The largest absolute Gasteiger partial charge is 0.475 e. The second-order valence-corrected chi connectivity index (χ2v) is 7.37. The number of amides is 1. The molecular formula is C21H22N6O3. The van der Waals surface area contributed by atoms with Crippen molar-refractivity contribution in [1.82, 2.24) is 19.7 Å². The van der Waals surface area contributed by atoms with Gasteiger partial charge in [-0.1, -0.05) is 26.0 Å². The Balaban J connectivity index is 1.60. The highest BCUT2D eigenvalue weighted by molar-refractivity contribution is 6.10. The molecule has 9 nitrogen and oxygen atoms in total. The Morgan fingerprint density at radius 3 is 2.63 bits per heavy atom. The summed E-state index contributed by atoms with van der Waals surface area (Å²) in [4.78, 5) is 33.9. The van der Waals surface area contributed by atoms with E-state index < -0.39 is 0 Å². The third-order valence-electron chi connectivity index (χ3n) is 5.10. The van der Waals surface area contributed by atoms with E-state index in [9.17, 15) is 9.59 Å². The van der Waals surface area contributed by atoms with E-state index in [1.807, 2.05) is 44.3 Å². The lowest BCUT2D eigenvalue weighted by molar-refractivity contribution is -0.111. The Morgan fingerprint density at radius 2 is 1.93 bits per heavy atom. The first-order valence-corrected chi connectivity index (χ1v) is 9.64. The van der Waals surface area contributed by atoms with Gasteiger partial charge in [0.25, 0.3) is 5.91 Å². The average molecular weight is 406 g/mol. The van der Waals surface area contributed by atoms with Gasteiger partial charge in [0.15, 0.2) is 0 Å². The Kier molecular flexibility index (Phi) is 5.18. The fourth-order valence-electron chi connectivity index (χ4n) is 3.42. The molecule has 0 bridgehead atoms. The number of aromatic nitrogens is 4. The molecule has 1 atom stereocenters. The zero-order chi connectivity index (χ0) is 21.3. The molecule has 0 saturated carbocycles. The lowest BCUT2D eigenvalue weighted by Crippen LogP contribution is -2.32. The van der Waals surface area contributed by atoms with Crippen LogP contribution in [-0.4, -0.2) is 45.1 Å². The molecule has 0 spiro atoms. The Hall–Kier alpha value is -3.75. The van der Waals surface area contributed by atoms with Crippen LogP contribution in [0.2, 0.25) is 0 Å². The van der Waals surface area contributed by atoms with E-state index in [2.05, 4.69) is 15.1 Å². The van der Waals surface area contributed by atoms with E-state index in [4.69, 9.17) is 10.5 Å². The van der Waals surface area contributed by atoms with Crippen LogP contribution in [0, 0.1) is 5.92 Å². The topological polar surface area (TPSA) is 116 Å². The van der Waals surface area contributed by atoms with Crippen molar-refractivity contribution in [2.75, 3.05) is 23.8 Å². The number of carbonyl (C=O) groups is 2. The number of benzene rings is 1. The summed E-state index contributed by atoms with van der Waals surface area (Å²) in [5, 5.41) is 4.33. The maximum Gasteiger partial charge on any atom is 0.267 e. The number of ether oxygens (including phenoxy) is 1. The van der Waals surface area contributed by atoms with Crippen LogP contribution in [0.15, 0.2) is 43.0 Å². The number of aldehydes is 1. The highest BCUT2D eigenvalue weighted by Gasteiger charge is 2.28. The van der Waals surface area contributed by atoms with Gasteiger partial charge in [-0.2, -0.15) is 5.10 Å². The van der Waals surface area contributed by atoms with Crippen molar-refractivity contribution in [3.63, 3.8) is 0 Å². The predicted octanol–water partition coefficient (Wildman–Crippen LogP) is 2.36. The summed E-state index contributed by atoms with van der Waals surface area (Å²) in [6, 6.07) is 7.23. The van der Waals surface area contributed by atoms with Gasteiger partial charge in [-0.05, 0) is 23.6 Å². The van der Waals surface area contributed by atoms with Crippen molar-refractivity contribution in [3.05, 3.63) is 48.5 Å². The molecule has 0 fully saturated rings. The Bertz CT molecular complexity index is 1080. The molecule has 1 unspecified atom stereocenters. The summed E-state index contributed by atoms with van der Waals surface area (Å²) in [6.45, 7) is 4.62. The molecule has 1 amide bonds. The normalized spacial score (nSPS) is 14.8. The molecule has 0 saturated heterocycles. The number of hydrogen-bond acceptors (Lipinski definition) is 7. The number of hydrogen-bond donors (Lipinski definition) is 1. The molecule has 2 N–H and O–H groups in total. The van der Waals surface area contributed by atoms with Crippen LogP contribution in [0.1, 0.15) is 30.2 Å². The second kappa shape index (κ2) is 7.94. The minimum atomic E-state index is -0.305. The van der Waals surface area contributed by atoms with Gasteiger partial charge in [-0.25, -0.2) is 9.97 Å². The molecule has 30 heavy (non-hydrogen) atoms. The monoisotopic (exact) mass is 406 g/mol. The van der Waals surface area contributed by atoms with E-state index in [0.717, 1.165) is 17.4 Å². The van der Waals surface area contributed by atoms with Gasteiger partial charge in [0.2, 0.25) is 5.88 Å². The predicted molar refractivity (Wildman–Crippen MR) is 111 cm³/mol. The van der Waals surface area contributed by atoms with Gasteiger partial charge in [-0.15, -0.1) is 0 Å². The molecule has 3 aromatic rings. The quantitative estimate of drug-likeness (QED) is 0.647. The fourth-order valence-corrected chi connectivity index (χ4v) is 3.42. The number of nitrogens with zero attached hydrogens (tertiary/aromatic N) is 5. The molecule has 4 rings (SSSR count). The first-order chi connectivity index (χ1) is 14.5. The third kappa shape index (κ3) is 3.49. The Morgan fingerprint density at radius 1 is 1.17 bits per heavy atom. The maximum atomic E-state index is 13.0. The van der Waals surface area contributed by atoms with Crippen molar-refractivity contribution < 1.29 is 14.3 Å². The van der Waals surface area contributed by atoms with E-state index in [1.165, 1.54) is 6.33 Å². The highest BCUT2D eigenvalue weighted by Crippen LogP contribution is 2.29. The molecule has 1 aliphatic heterocycles. The SMILES string of the molecule is CC(C)C(C=O)n1cc(-c2ccc(N3CCOc4ncnc(N)c4C3=O)cc2)cn1. The highest BCUT2D eigenvalue weighted by atomic mass is 16.5.